The number of piperazine rings is 1. The number of methoxy groups -OCH3 is 1. The van der Waals surface area contributed by atoms with Crippen LogP contribution in [0, 0.1) is 6.92 Å². The summed E-state index contributed by atoms with van der Waals surface area (Å²) in [6, 6.07) is 6.55. The van der Waals surface area contributed by atoms with Crippen molar-refractivity contribution in [2.75, 3.05) is 53.7 Å². The SMILES string of the molecule is C=C(Cn1c(CNc2nc(N3CC(C)NC(C)C3)nc3c(Br)cnn23)nc2cc(C)ccc21)C(=O)NC1CCN(c2nc(Nc3cn(C)nc3OC)c3ncn(C)c3n2)C1. The fourth-order valence-electron chi connectivity index (χ4n) is 8.01. The number of rotatable bonds is 12. The number of aryl methyl sites for hydroxylation is 3. The summed E-state index contributed by atoms with van der Waals surface area (Å²) in [6.45, 7) is 13.9. The van der Waals surface area contributed by atoms with Crippen LogP contribution in [0.5, 0.6) is 5.88 Å². The molecular formula is C39H47BrN18O2. The van der Waals surface area contributed by atoms with Crippen LogP contribution in [0.3, 0.4) is 0 Å². The highest BCUT2D eigenvalue weighted by Crippen LogP contribution is 2.31. The molecule has 2 aliphatic heterocycles. The van der Waals surface area contributed by atoms with Crippen molar-refractivity contribution in [3.63, 3.8) is 0 Å². The maximum atomic E-state index is 13.8. The molecule has 8 heterocycles. The minimum absolute atomic E-state index is 0.150. The summed E-state index contributed by atoms with van der Waals surface area (Å²) < 4.78 is 13.5. The second-order valence-corrected chi connectivity index (χ2v) is 16.5. The molecule has 0 radical (unpaired) electrons. The van der Waals surface area contributed by atoms with Crippen LogP contribution in [0.25, 0.3) is 27.8 Å². The van der Waals surface area contributed by atoms with E-state index in [-0.39, 0.29) is 30.6 Å². The molecule has 6 aromatic heterocycles. The van der Waals surface area contributed by atoms with E-state index in [0.717, 1.165) is 40.0 Å². The Morgan fingerprint density at radius 1 is 1.03 bits per heavy atom. The standard InChI is InChI=1S/C39H47BrN18O2/c1-21-8-9-29-27(12-21)46-30(14-41-37-51-39(49-33-26(40)13-43-58(33)37)56-16-23(3)44-24(4)17-56)57(29)15-22(2)35(59)45-25-10-11-55(18-25)38-48-32(31-34(50-38)53(5)20-42-31)47-28-19-54(6)52-36(28)60-7/h8-9,12-13,19-20,23-25,44H,2,10-11,14-18H2,1,3-7H3,(H,45,59)(H,41,49,51)(H,47,48,50). The van der Waals surface area contributed by atoms with Crippen LogP contribution in [0.1, 0.15) is 31.7 Å². The van der Waals surface area contributed by atoms with Crippen molar-refractivity contribution < 1.29 is 9.53 Å². The molecule has 3 unspecified atom stereocenters. The van der Waals surface area contributed by atoms with Gasteiger partial charge in [0.25, 0.3) is 5.88 Å². The third-order valence-electron chi connectivity index (χ3n) is 10.8. The van der Waals surface area contributed by atoms with Crippen molar-refractivity contribution in [2.24, 2.45) is 14.1 Å². The zero-order chi connectivity index (χ0) is 41.8. The van der Waals surface area contributed by atoms with Gasteiger partial charge in [-0.3, -0.25) is 9.48 Å². The number of carbonyl (C=O) groups excluding carboxylic acids is 1. The molecule has 0 spiro atoms. The summed E-state index contributed by atoms with van der Waals surface area (Å²) >= 11 is 3.62. The number of ether oxygens (including phenoxy) is 1. The molecular weight excluding hydrogens is 832 g/mol. The van der Waals surface area contributed by atoms with Gasteiger partial charge in [0.2, 0.25) is 23.8 Å². The lowest BCUT2D eigenvalue weighted by Gasteiger charge is -2.36. The molecule has 1 amide bonds. The first-order valence-corrected chi connectivity index (χ1v) is 20.6. The fourth-order valence-corrected chi connectivity index (χ4v) is 8.36. The van der Waals surface area contributed by atoms with Crippen molar-refractivity contribution in [1.82, 2.24) is 69.1 Å². The quantitative estimate of drug-likeness (QED) is 0.130. The predicted molar refractivity (Wildman–Crippen MR) is 232 cm³/mol. The van der Waals surface area contributed by atoms with Crippen LogP contribution < -0.4 is 35.8 Å². The van der Waals surface area contributed by atoms with Gasteiger partial charge in [0.1, 0.15) is 11.5 Å². The smallest absolute Gasteiger partial charge is 0.256 e. The van der Waals surface area contributed by atoms with Gasteiger partial charge in [-0.25, -0.2) is 9.97 Å². The lowest BCUT2D eigenvalue weighted by molar-refractivity contribution is -0.118. The lowest BCUT2D eigenvalue weighted by atomic mass is 10.1. The molecule has 2 saturated heterocycles. The molecule has 7 aromatic rings. The molecule has 3 atom stereocenters. The van der Waals surface area contributed by atoms with Crippen molar-refractivity contribution in [2.45, 2.75) is 58.4 Å². The van der Waals surface area contributed by atoms with Crippen molar-refractivity contribution in [1.29, 1.82) is 0 Å². The van der Waals surface area contributed by atoms with Crippen molar-refractivity contribution >= 4 is 79.0 Å². The zero-order valence-corrected chi connectivity index (χ0v) is 35.9. The normalized spacial score (nSPS) is 18.2. The van der Waals surface area contributed by atoms with Gasteiger partial charge in [0.05, 0.1) is 54.4 Å². The van der Waals surface area contributed by atoms with E-state index in [1.54, 1.807) is 28.8 Å². The summed E-state index contributed by atoms with van der Waals surface area (Å²) in [4.78, 5) is 47.2. The summed E-state index contributed by atoms with van der Waals surface area (Å²) in [7, 11) is 5.28. The summed E-state index contributed by atoms with van der Waals surface area (Å²) in [6.07, 6.45) is 5.95. The first-order valence-electron chi connectivity index (χ1n) is 19.8. The van der Waals surface area contributed by atoms with Crippen LogP contribution in [-0.2, 0) is 32.0 Å². The third-order valence-corrected chi connectivity index (χ3v) is 11.4. The van der Waals surface area contributed by atoms with Crippen LogP contribution in [-0.4, -0.2) is 116 Å². The number of benzene rings is 1. The molecule has 2 fully saturated rings. The molecule has 4 N–H and O–H groups in total. The van der Waals surface area contributed by atoms with E-state index in [1.165, 1.54) is 0 Å². The second-order valence-electron chi connectivity index (χ2n) is 15.7. The van der Waals surface area contributed by atoms with Gasteiger partial charge in [-0.05, 0) is 60.8 Å². The monoisotopic (exact) mass is 878 g/mol. The Bertz CT molecular complexity index is 2760. The topological polar surface area (TPSA) is 203 Å². The van der Waals surface area contributed by atoms with Crippen LogP contribution >= 0.6 is 15.9 Å². The molecule has 0 saturated carbocycles. The number of amides is 1. The Balaban J connectivity index is 0.913. The fraction of sp³-hybridized carbons (Fsp3) is 0.410. The Labute approximate surface area is 353 Å². The van der Waals surface area contributed by atoms with Crippen LogP contribution in [0.4, 0.5) is 29.4 Å². The van der Waals surface area contributed by atoms with E-state index >= 15 is 0 Å². The van der Waals surface area contributed by atoms with Crippen LogP contribution in [0.2, 0.25) is 0 Å². The van der Waals surface area contributed by atoms with Gasteiger partial charge in [-0.2, -0.15) is 29.5 Å². The van der Waals surface area contributed by atoms with Crippen molar-refractivity contribution in [3.05, 3.63) is 64.9 Å². The first kappa shape index (κ1) is 39.1. The Morgan fingerprint density at radius 2 is 1.82 bits per heavy atom. The number of hydrogen-bond donors (Lipinski definition) is 4. The third kappa shape index (κ3) is 7.53. The Kier molecular flexibility index (Phi) is 10.2. The molecule has 60 heavy (non-hydrogen) atoms. The Hall–Kier alpha value is -6.35. The predicted octanol–water partition coefficient (Wildman–Crippen LogP) is 3.46. The van der Waals surface area contributed by atoms with Crippen LogP contribution in [0.15, 0.2) is 53.5 Å². The molecule has 0 bridgehead atoms. The second kappa shape index (κ2) is 15.7. The number of nitrogens with zero attached hydrogens (tertiary/aromatic N) is 14. The maximum Gasteiger partial charge on any atom is 0.256 e. The van der Waals surface area contributed by atoms with Gasteiger partial charge >= 0.3 is 0 Å². The molecule has 0 aliphatic carbocycles. The largest absolute Gasteiger partial charge is 0.478 e. The maximum absolute atomic E-state index is 13.8. The molecule has 9 rings (SSSR count). The van der Waals surface area contributed by atoms with Gasteiger partial charge in [-0.1, -0.05) is 12.6 Å². The number of fused-ring (bicyclic) bond motifs is 3. The highest BCUT2D eigenvalue weighted by atomic mass is 79.9. The average Bonchev–Trinajstić information content (AvgIpc) is 4.06. The highest BCUT2D eigenvalue weighted by molar-refractivity contribution is 9.10. The van der Waals surface area contributed by atoms with E-state index in [0.29, 0.717) is 83.7 Å². The number of hydrogen-bond acceptors (Lipinski definition) is 15. The number of nitrogens with one attached hydrogen (secondary N) is 4. The van der Waals surface area contributed by atoms with Gasteiger partial charge in [-0.15, -0.1) is 5.10 Å². The summed E-state index contributed by atoms with van der Waals surface area (Å²) in [5.74, 6) is 3.13. The number of aromatic nitrogens is 12. The number of halogens is 1. The molecule has 20 nitrogen and oxygen atoms in total. The molecule has 312 valence electrons. The minimum Gasteiger partial charge on any atom is -0.478 e. The summed E-state index contributed by atoms with van der Waals surface area (Å²) in [5.41, 5.74) is 5.82. The van der Waals surface area contributed by atoms with Gasteiger partial charge < -0.3 is 44.9 Å². The number of anilines is 5. The zero-order valence-electron chi connectivity index (χ0n) is 34.3. The van der Waals surface area contributed by atoms with E-state index in [9.17, 15) is 4.79 Å². The molecule has 1 aromatic carbocycles. The van der Waals surface area contributed by atoms with E-state index in [4.69, 9.17) is 29.7 Å². The van der Waals surface area contributed by atoms with Gasteiger partial charge in [0, 0.05) is 64.0 Å². The van der Waals surface area contributed by atoms with E-state index in [2.05, 4.69) is 82.6 Å². The van der Waals surface area contributed by atoms with E-state index in [1.807, 2.05) is 54.5 Å². The highest BCUT2D eigenvalue weighted by Gasteiger charge is 2.29. The van der Waals surface area contributed by atoms with E-state index < -0.39 is 0 Å². The molecule has 2 aliphatic rings. The number of imidazole rings is 2. The first-order chi connectivity index (χ1) is 28.9. The lowest BCUT2D eigenvalue weighted by Crippen LogP contribution is -2.54. The van der Waals surface area contributed by atoms with Crippen molar-refractivity contribution in [3.8, 4) is 5.88 Å². The minimum atomic E-state index is -0.230. The number of carbonyl (C=O) groups is 1. The Morgan fingerprint density at radius 3 is 2.62 bits per heavy atom. The summed E-state index contributed by atoms with van der Waals surface area (Å²) in [5, 5.41) is 22.5. The molecule has 21 heteroatoms. The van der Waals surface area contributed by atoms with Gasteiger partial charge in [0.15, 0.2) is 22.6 Å². The average molecular weight is 880 g/mol.